The molecule has 0 aromatic carbocycles. The molecule has 0 atom stereocenters. The number of carbonyl (C=O) groups is 1. The fourth-order valence-corrected chi connectivity index (χ4v) is 2.57. The van der Waals surface area contributed by atoms with Crippen LogP contribution in [0.5, 0.6) is 0 Å². The molecule has 0 bridgehead atoms. The number of unbranched alkanes of at least 4 members (excludes halogenated alkanes) is 7. The standard InChI is InChI=1S/C15H29N2.C6H12O/c1-3-5-7-9-11-16-13-14-17(15-16)12-10-8-6-4-2;1-3-4-5-6(2)7/h13-15H,3-12H2,1-2H3;3-5H2,1-2H3/q+1;. The molecule has 0 saturated heterocycles. The number of ketones is 1. The van der Waals surface area contributed by atoms with Gasteiger partial charge in [-0.3, -0.25) is 0 Å². The number of Topliss-reactive ketones (excluding diaryl/α,β-unsaturated/α-hetero) is 1. The molecular weight excluding hydrogens is 296 g/mol. The molecule has 0 fully saturated rings. The lowest BCUT2D eigenvalue weighted by Gasteiger charge is -1.97. The molecule has 1 aromatic rings. The van der Waals surface area contributed by atoms with E-state index in [9.17, 15) is 4.79 Å². The molecule has 0 aliphatic heterocycles. The fourth-order valence-electron chi connectivity index (χ4n) is 2.57. The first-order valence-corrected chi connectivity index (χ1v) is 10.2. The van der Waals surface area contributed by atoms with Gasteiger partial charge in [0.2, 0.25) is 6.33 Å². The van der Waals surface area contributed by atoms with Crippen LogP contribution in [0.1, 0.15) is 98.3 Å². The van der Waals surface area contributed by atoms with E-state index in [1.54, 1.807) is 6.92 Å². The van der Waals surface area contributed by atoms with Gasteiger partial charge in [0.1, 0.15) is 18.2 Å². The molecule has 0 amide bonds. The summed E-state index contributed by atoms with van der Waals surface area (Å²) in [6.07, 6.45) is 20.4. The maximum atomic E-state index is 10.2. The zero-order chi connectivity index (χ0) is 18.0. The van der Waals surface area contributed by atoms with Crippen LogP contribution in [0.3, 0.4) is 0 Å². The lowest BCUT2D eigenvalue weighted by molar-refractivity contribution is -0.696. The molecule has 0 radical (unpaired) electrons. The van der Waals surface area contributed by atoms with Gasteiger partial charge in [-0.2, -0.15) is 0 Å². The van der Waals surface area contributed by atoms with Crippen LogP contribution in [-0.2, 0) is 17.9 Å². The van der Waals surface area contributed by atoms with Crippen molar-refractivity contribution in [2.75, 3.05) is 0 Å². The van der Waals surface area contributed by atoms with Crippen molar-refractivity contribution in [2.45, 2.75) is 111 Å². The average Bonchev–Trinajstić information content (AvgIpc) is 3.02. The number of hydrogen-bond acceptors (Lipinski definition) is 1. The Balaban J connectivity index is 0.000000640. The van der Waals surface area contributed by atoms with Gasteiger partial charge in [-0.25, -0.2) is 9.13 Å². The van der Waals surface area contributed by atoms with Crippen LogP contribution in [0.25, 0.3) is 0 Å². The van der Waals surface area contributed by atoms with Gasteiger partial charge in [-0.05, 0) is 39.0 Å². The third-order valence-corrected chi connectivity index (χ3v) is 4.17. The van der Waals surface area contributed by atoms with Crippen LogP contribution in [0, 0.1) is 0 Å². The Morgan fingerprint density at radius 3 is 2.04 bits per heavy atom. The number of carbonyl (C=O) groups excluding carboxylic acids is 1. The van der Waals surface area contributed by atoms with Crippen molar-refractivity contribution in [3.8, 4) is 0 Å². The number of rotatable bonds is 13. The Morgan fingerprint density at radius 2 is 1.50 bits per heavy atom. The predicted molar refractivity (Wildman–Crippen MR) is 103 cm³/mol. The molecule has 0 unspecified atom stereocenters. The Labute approximate surface area is 150 Å². The van der Waals surface area contributed by atoms with Gasteiger partial charge in [0.25, 0.3) is 0 Å². The van der Waals surface area contributed by atoms with E-state index in [1.807, 2.05) is 0 Å². The number of aryl methyl sites for hydroxylation is 2. The van der Waals surface area contributed by atoms with E-state index in [0.717, 1.165) is 19.3 Å². The van der Waals surface area contributed by atoms with E-state index in [0.29, 0.717) is 5.78 Å². The minimum Gasteiger partial charge on any atom is -0.300 e. The average molecular weight is 338 g/mol. The van der Waals surface area contributed by atoms with Crippen molar-refractivity contribution in [1.82, 2.24) is 4.57 Å². The van der Waals surface area contributed by atoms with E-state index < -0.39 is 0 Å². The highest BCUT2D eigenvalue weighted by Crippen LogP contribution is 2.02. The summed E-state index contributed by atoms with van der Waals surface area (Å²) in [5.41, 5.74) is 0. The molecule has 140 valence electrons. The molecule has 0 saturated carbocycles. The Bertz CT molecular complexity index is 372. The molecule has 1 rings (SSSR count). The summed E-state index contributed by atoms with van der Waals surface area (Å²) in [5, 5.41) is 0. The SMILES string of the molecule is CCCCC(C)=O.CCCCCCn1cc[n+](CCCCCC)c1. The van der Waals surface area contributed by atoms with Crippen LogP contribution in [-0.4, -0.2) is 10.4 Å². The van der Waals surface area contributed by atoms with Gasteiger partial charge in [0.15, 0.2) is 0 Å². The zero-order valence-electron chi connectivity index (χ0n) is 16.7. The second-order valence-corrected chi connectivity index (χ2v) is 6.82. The van der Waals surface area contributed by atoms with Crippen LogP contribution < -0.4 is 4.57 Å². The van der Waals surface area contributed by atoms with Gasteiger partial charge < -0.3 is 4.79 Å². The molecule has 3 nitrogen and oxygen atoms in total. The molecular formula is C21H41N2O+. The minimum absolute atomic E-state index is 0.307. The first kappa shape index (κ1) is 22.9. The molecule has 24 heavy (non-hydrogen) atoms. The smallest absolute Gasteiger partial charge is 0.243 e. The summed E-state index contributed by atoms with van der Waals surface area (Å²) >= 11 is 0. The third-order valence-electron chi connectivity index (χ3n) is 4.17. The van der Waals surface area contributed by atoms with Gasteiger partial charge in [-0.15, -0.1) is 0 Å². The second kappa shape index (κ2) is 16.7. The Hall–Kier alpha value is -1.12. The van der Waals surface area contributed by atoms with Crippen molar-refractivity contribution in [3.63, 3.8) is 0 Å². The molecule has 1 heterocycles. The summed E-state index contributed by atoms with van der Waals surface area (Å²) in [4.78, 5) is 10.2. The highest BCUT2D eigenvalue weighted by molar-refractivity contribution is 5.75. The zero-order valence-corrected chi connectivity index (χ0v) is 16.7. The summed E-state index contributed by atoms with van der Waals surface area (Å²) < 4.78 is 4.66. The lowest BCUT2D eigenvalue weighted by Crippen LogP contribution is -2.30. The fraction of sp³-hybridized carbons (Fsp3) is 0.810. The highest BCUT2D eigenvalue weighted by Gasteiger charge is 2.02. The van der Waals surface area contributed by atoms with Crippen LogP contribution in [0.2, 0.25) is 0 Å². The van der Waals surface area contributed by atoms with Crippen LogP contribution >= 0.6 is 0 Å². The highest BCUT2D eigenvalue weighted by atomic mass is 16.1. The molecule has 3 heteroatoms. The monoisotopic (exact) mass is 337 g/mol. The largest absolute Gasteiger partial charge is 0.300 e. The Kier molecular flexibility index (Phi) is 15.9. The van der Waals surface area contributed by atoms with E-state index in [-0.39, 0.29) is 0 Å². The summed E-state index contributed by atoms with van der Waals surface area (Å²) in [6.45, 7) is 10.6. The van der Waals surface area contributed by atoms with Gasteiger partial charge in [0.05, 0.1) is 13.1 Å². The van der Waals surface area contributed by atoms with Gasteiger partial charge in [-0.1, -0.05) is 52.9 Å². The quantitative estimate of drug-likeness (QED) is 0.335. The Morgan fingerprint density at radius 1 is 0.875 bits per heavy atom. The van der Waals surface area contributed by atoms with E-state index in [4.69, 9.17) is 0 Å². The topological polar surface area (TPSA) is 25.9 Å². The van der Waals surface area contributed by atoms with Crippen molar-refractivity contribution in [1.29, 1.82) is 0 Å². The second-order valence-electron chi connectivity index (χ2n) is 6.82. The minimum atomic E-state index is 0.307. The third kappa shape index (κ3) is 14.5. The molecule has 1 aromatic heterocycles. The number of aromatic nitrogens is 2. The molecule has 0 aliphatic carbocycles. The maximum absolute atomic E-state index is 10.2. The first-order chi connectivity index (χ1) is 11.6. The van der Waals surface area contributed by atoms with E-state index in [1.165, 1.54) is 64.5 Å². The normalized spacial score (nSPS) is 10.3. The van der Waals surface area contributed by atoms with Crippen LogP contribution in [0.4, 0.5) is 0 Å². The van der Waals surface area contributed by atoms with Crippen molar-refractivity contribution < 1.29 is 9.36 Å². The molecule has 0 aliphatic rings. The van der Waals surface area contributed by atoms with Crippen LogP contribution in [0.15, 0.2) is 18.7 Å². The lowest BCUT2D eigenvalue weighted by atomic mass is 10.2. The summed E-state index contributed by atoms with van der Waals surface area (Å²) in [6, 6.07) is 0. The molecule has 0 spiro atoms. The maximum Gasteiger partial charge on any atom is 0.243 e. The molecule has 0 N–H and O–H groups in total. The van der Waals surface area contributed by atoms with Gasteiger partial charge >= 0.3 is 0 Å². The van der Waals surface area contributed by atoms with Crippen molar-refractivity contribution in [3.05, 3.63) is 18.7 Å². The number of nitrogens with zero attached hydrogens (tertiary/aromatic N) is 2. The number of hydrogen-bond donors (Lipinski definition) is 0. The summed E-state index contributed by atoms with van der Waals surface area (Å²) in [5.74, 6) is 0.307. The summed E-state index contributed by atoms with van der Waals surface area (Å²) in [7, 11) is 0. The van der Waals surface area contributed by atoms with Crippen molar-refractivity contribution in [2.24, 2.45) is 0 Å². The predicted octanol–water partition coefficient (Wildman–Crippen LogP) is 5.70. The number of imidazole rings is 1. The van der Waals surface area contributed by atoms with Crippen molar-refractivity contribution >= 4 is 5.78 Å². The first-order valence-electron chi connectivity index (χ1n) is 10.2. The van der Waals surface area contributed by atoms with E-state index in [2.05, 4.69) is 48.6 Å². The van der Waals surface area contributed by atoms with E-state index >= 15 is 0 Å². The van der Waals surface area contributed by atoms with Gasteiger partial charge in [0, 0.05) is 6.42 Å².